The first kappa shape index (κ1) is 23.7. The Kier molecular flexibility index (Phi) is 9.50. The van der Waals surface area contributed by atoms with Crippen LogP contribution in [0.1, 0.15) is 32.1 Å². The van der Waals surface area contributed by atoms with Crippen LogP contribution in [0.15, 0.2) is 18.2 Å². The zero-order valence-corrected chi connectivity index (χ0v) is 17.6. The van der Waals surface area contributed by atoms with Crippen molar-refractivity contribution >= 4 is 36.4 Å². The second kappa shape index (κ2) is 10.8. The molecule has 1 aliphatic carbocycles. The number of nitrogens with one attached hydrogen (secondary N) is 1. The summed E-state index contributed by atoms with van der Waals surface area (Å²) in [6, 6.07) is 6.24. The van der Waals surface area contributed by atoms with Crippen LogP contribution in [0.2, 0.25) is 0 Å². The lowest BCUT2D eigenvalue weighted by atomic mass is 9.85. The highest BCUT2D eigenvalue weighted by Gasteiger charge is 2.30. The van der Waals surface area contributed by atoms with Crippen LogP contribution in [-0.4, -0.2) is 45.3 Å². The molecular weight excluding hydrogens is 389 g/mol. The van der Waals surface area contributed by atoms with Crippen molar-refractivity contribution in [3.63, 3.8) is 0 Å². The van der Waals surface area contributed by atoms with E-state index in [4.69, 9.17) is 15.2 Å². The quantitative estimate of drug-likeness (QED) is 0.766. The van der Waals surface area contributed by atoms with Crippen molar-refractivity contribution in [2.45, 2.75) is 44.2 Å². The molecule has 3 rings (SSSR count). The summed E-state index contributed by atoms with van der Waals surface area (Å²) < 4.78 is 10.7. The van der Waals surface area contributed by atoms with E-state index in [-0.39, 0.29) is 48.7 Å². The Hall–Kier alpha value is -1.37. The lowest BCUT2D eigenvalue weighted by molar-refractivity contribution is -0.126. The van der Waals surface area contributed by atoms with E-state index in [1.165, 1.54) is 0 Å². The van der Waals surface area contributed by atoms with Crippen molar-refractivity contribution in [2.24, 2.45) is 11.7 Å². The number of nitrogens with zero attached hydrogens (tertiary/aromatic N) is 1. The van der Waals surface area contributed by atoms with Gasteiger partial charge in [0.2, 0.25) is 5.91 Å². The van der Waals surface area contributed by atoms with E-state index in [1.54, 1.807) is 14.2 Å². The van der Waals surface area contributed by atoms with E-state index in [1.807, 2.05) is 18.2 Å². The van der Waals surface area contributed by atoms with Gasteiger partial charge in [-0.2, -0.15) is 0 Å². The van der Waals surface area contributed by atoms with Crippen LogP contribution in [0, 0.1) is 5.92 Å². The number of amides is 1. The molecule has 0 radical (unpaired) electrons. The van der Waals surface area contributed by atoms with Crippen molar-refractivity contribution < 1.29 is 14.3 Å². The molecule has 1 aromatic rings. The summed E-state index contributed by atoms with van der Waals surface area (Å²) in [5.74, 6) is 1.80. The van der Waals surface area contributed by atoms with E-state index in [0.717, 1.165) is 62.4 Å². The third-order valence-electron chi connectivity index (χ3n) is 5.32. The van der Waals surface area contributed by atoms with Crippen molar-refractivity contribution in [1.82, 2.24) is 5.32 Å². The zero-order chi connectivity index (χ0) is 17.8. The van der Waals surface area contributed by atoms with Crippen LogP contribution in [0.5, 0.6) is 11.5 Å². The molecule has 0 bridgehead atoms. The Morgan fingerprint density at radius 2 is 1.78 bits per heavy atom. The Labute approximate surface area is 174 Å². The molecule has 0 spiro atoms. The van der Waals surface area contributed by atoms with Gasteiger partial charge in [-0.15, -0.1) is 24.8 Å². The molecule has 1 amide bonds. The normalized spacial score (nSPS) is 24.4. The number of carbonyl (C=O) groups is 1. The van der Waals surface area contributed by atoms with Crippen LogP contribution in [-0.2, 0) is 4.79 Å². The maximum absolute atomic E-state index is 12.5. The number of methoxy groups -OCH3 is 2. The highest BCUT2D eigenvalue weighted by atomic mass is 35.5. The monoisotopic (exact) mass is 419 g/mol. The first-order valence-corrected chi connectivity index (χ1v) is 9.13. The average Bonchev–Trinajstić information content (AvgIpc) is 3.09. The largest absolute Gasteiger partial charge is 0.497 e. The third kappa shape index (κ3) is 6.06. The molecule has 27 heavy (non-hydrogen) atoms. The smallest absolute Gasteiger partial charge is 0.223 e. The van der Waals surface area contributed by atoms with Gasteiger partial charge in [0.1, 0.15) is 11.5 Å². The second-order valence-electron chi connectivity index (χ2n) is 7.13. The Morgan fingerprint density at radius 1 is 1.11 bits per heavy atom. The van der Waals surface area contributed by atoms with Gasteiger partial charge in [-0.05, 0) is 25.7 Å². The molecule has 3 N–H and O–H groups in total. The molecular formula is C19H31Cl2N3O3. The topological polar surface area (TPSA) is 76.8 Å². The molecule has 3 unspecified atom stereocenters. The summed E-state index contributed by atoms with van der Waals surface area (Å²) >= 11 is 0. The third-order valence-corrected chi connectivity index (χ3v) is 5.32. The molecule has 2 aliphatic rings. The molecule has 8 heteroatoms. The molecule has 6 nitrogen and oxygen atoms in total. The molecule has 1 heterocycles. The number of nitrogens with two attached hydrogens (primary N) is 1. The number of carbonyl (C=O) groups excluding carboxylic acids is 1. The van der Waals surface area contributed by atoms with Crippen LogP contribution in [0.3, 0.4) is 0 Å². The minimum atomic E-state index is 0. The van der Waals surface area contributed by atoms with E-state index in [0.29, 0.717) is 0 Å². The molecule has 1 aliphatic heterocycles. The minimum absolute atomic E-state index is 0. The average molecular weight is 420 g/mol. The van der Waals surface area contributed by atoms with E-state index >= 15 is 0 Å². The summed E-state index contributed by atoms with van der Waals surface area (Å²) in [6.45, 7) is 1.71. The standard InChI is InChI=1S/C19H29N3O3.2ClH/c1-24-17-9-16(10-18(11-17)25-2)22-7-6-15(12-22)21-19(23)13-4-3-5-14(20)8-13;;/h9-11,13-15H,3-8,12,20H2,1-2H3,(H,21,23);2*1H. The highest BCUT2D eigenvalue weighted by Crippen LogP contribution is 2.30. The molecule has 3 atom stereocenters. The maximum Gasteiger partial charge on any atom is 0.223 e. The summed E-state index contributed by atoms with van der Waals surface area (Å²) in [5.41, 5.74) is 7.07. The predicted molar refractivity (Wildman–Crippen MR) is 113 cm³/mol. The van der Waals surface area contributed by atoms with Gasteiger partial charge in [-0.3, -0.25) is 4.79 Å². The fourth-order valence-corrected chi connectivity index (χ4v) is 3.87. The van der Waals surface area contributed by atoms with Gasteiger partial charge in [0.15, 0.2) is 0 Å². The molecule has 1 saturated carbocycles. The van der Waals surface area contributed by atoms with Crippen molar-refractivity contribution in [2.75, 3.05) is 32.2 Å². The van der Waals surface area contributed by atoms with E-state index in [2.05, 4.69) is 10.2 Å². The second-order valence-corrected chi connectivity index (χ2v) is 7.13. The van der Waals surface area contributed by atoms with Crippen LogP contribution in [0.4, 0.5) is 5.69 Å². The summed E-state index contributed by atoms with van der Waals surface area (Å²) in [5, 5.41) is 3.23. The number of anilines is 1. The molecule has 1 aromatic carbocycles. The number of ether oxygens (including phenoxy) is 2. The lowest BCUT2D eigenvalue weighted by Crippen LogP contribution is -2.43. The molecule has 154 valence electrons. The van der Waals surface area contributed by atoms with Gasteiger partial charge in [-0.1, -0.05) is 6.42 Å². The minimum Gasteiger partial charge on any atom is -0.497 e. The highest BCUT2D eigenvalue weighted by molar-refractivity contribution is 5.85. The number of hydrogen-bond donors (Lipinski definition) is 2. The van der Waals surface area contributed by atoms with Crippen molar-refractivity contribution in [3.8, 4) is 11.5 Å². The van der Waals surface area contributed by atoms with Crippen molar-refractivity contribution in [3.05, 3.63) is 18.2 Å². The van der Waals surface area contributed by atoms with Gasteiger partial charge in [0, 0.05) is 55.0 Å². The fourth-order valence-electron chi connectivity index (χ4n) is 3.87. The Bertz CT molecular complexity index is 596. The van der Waals surface area contributed by atoms with Crippen LogP contribution >= 0.6 is 24.8 Å². The van der Waals surface area contributed by atoms with Crippen LogP contribution in [0.25, 0.3) is 0 Å². The SMILES string of the molecule is COc1cc(OC)cc(N2CCC(NC(=O)C3CCCC(N)C3)C2)c1.Cl.Cl. The zero-order valence-electron chi connectivity index (χ0n) is 16.0. The lowest BCUT2D eigenvalue weighted by Gasteiger charge is -2.27. The summed E-state index contributed by atoms with van der Waals surface area (Å²) in [7, 11) is 3.31. The van der Waals surface area contributed by atoms with Gasteiger partial charge in [0.25, 0.3) is 0 Å². The first-order chi connectivity index (χ1) is 12.1. The Morgan fingerprint density at radius 3 is 2.37 bits per heavy atom. The first-order valence-electron chi connectivity index (χ1n) is 9.13. The van der Waals surface area contributed by atoms with Gasteiger partial charge in [-0.25, -0.2) is 0 Å². The number of halogens is 2. The van der Waals surface area contributed by atoms with E-state index in [9.17, 15) is 4.79 Å². The maximum atomic E-state index is 12.5. The Balaban J connectivity index is 0.00000182. The van der Waals surface area contributed by atoms with Gasteiger partial charge >= 0.3 is 0 Å². The van der Waals surface area contributed by atoms with Crippen molar-refractivity contribution in [1.29, 1.82) is 0 Å². The molecule has 2 fully saturated rings. The van der Waals surface area contributed by atoms with Gasteiger partial charge in [0.05, 0.1) is 14.2 Å². The fraction of sp³-hybridized carbons (Fsp3) is 0.632. The van der Waals surface area contributed by atoms with E-state index < -0.39 is 0 Å². The van der Waals surface area contributed by atoms with Gasteiger partial charge < -0.3 is 25.4 Å². The summed E-state index contributed by atoms with van der Waals surface area (Å²) in [4.78, 5) is 14.8. The number of hydrogen-bond acceptors (Lipinski definition) is 5. The number of benzene rings is 1. The number of rotatable bonds is 5. The summed E-state index contributed by atoms with van der Waals surface area (Å²) in [6.07, 6.45) is 4.82. The predicted octanol–water partition coefficient (Wildman–Crippen LogP) is 2.76. The molecule has 1 saturated heterocycles. The van der Waals surface area contributed by atoms with Crippen LogP contribution < -0.4 is 25.4 Å². The molecule has 0 aromatic heterocycles.